The van der Waals surface area contributed by atoms with E-state index in [-0.39, 0.29) is 35.9 Å². The average Bonchev–Trinajstić information content (AvgIpc) is 2.58. The number of aliphatic hydroxyl groups is 1. The number of allylic oxidation sites excluding steroid dienone is 2. The predicted molar refractivity (Wildman–Crippen MR) is 97.6 cm³/mol. The van der Waals surface area contributed by atoms with Crippen LogP contribution < -0.4 is 5.32 Å². The third-order valence-corrected chi connectivity index (χ3v) is 4.06. The number of aliphatic imine (C=N–C) groups is 1. The van der Waals surface area contributed by atoms with Crippen molar-refractivity contribution >= 4 is 17.9 Å². The Bertz CT molecular complexity index is 666. The van der Waals surface area contributed by atoms with Crippen LogP contribution in [-0.4, -0.2) is 55.1 Å². The van der Waals surface area contributed by atoms with E-state index in [1.807, 2.05) is 49.3 Å². The maximum atomic E-state index is 12.3. The van der Waals surface area contributed by atoms with Gasteiger partial charge in [-0.1, -0.05) is 30.3 Å². The molecule has 0 aromatic heterocycles. The number of rotatable bonds is 7. The van der Waals surface area contributed by atoms with E-state index in [2.05, 4.69) is 10.3 Å². The van der Waals surface area contributed by atoms with E-state index in [1.165, 1.54) is 6.21 Å². The minimum absolute atomic E-state index is 0.0512. The van der Waals surface area contributed by atoms with E-state index in [4.69, 9.17) is 0 Å². The summed E-state index contributed by atoms with van der Waals surface area (Å²) in [6, 6.07) is 9.57. The average molecular weight is 343 g/mol. The quantitative estimate of drug-likeness (QED) is 0.739. The molecule has 2 N–H and O–H groups in total. The Labute approximate surface area is 148 Å². The number of nitrogens with one attached hydrogen (secondary N) is 1. The van der Waals surface area contributed by atoms with Gasteiger partial charge in [0, 0.05) is 32.1 Å². The number of nitrogens with zero attached hydrogens (tertiary/aromatic N) is 2. The van der Waals surface area contributed by atoms with E-state index in [0.717, 1.165) is 12.1 Å². The summed E-state index contributed by atoms with van der Waals surface area (Å²) in [5.41, 5.74) is 1.22. The van der Waals surface area contributed by atoms with Gasteiger partial charge in [0.2, 0.25) is 5.91 Å². The number of hydrogen-bond acceptors (Lipinski definition) is 5. The first-order valence-electron chi connectivity index (χ1n) is 8.39. The summed E-state index contributed by atoms with van der Waals surface area (Å²) < 4.78 is 0. The molecule has 0 saturated heterocycles. The highest BCUT2D eigenvalue weighted by molar-refractivity contribution is 6.15. The zero-order valence-corrected chi connectivity index (χ0v) is 14.7. The summed E-state index contributed by atoms with van der Waals surface area (Å²) in [7, 11) is 3.88. The predicted octanol–water partition coefficient (Wildman–Crippen LogP) is 1.73. The van der Waals surface area contributed by atoms with Crippen LogP contribution in [0, 0.1) is 5.92 Å². The van der Waals surface area contributed by atoms with E-state index >= 15 is 0 Å². The Kier molecular flexibility index (Phi) is 6.89. The van der Waals surface area contributed by atoms with Gasteiger partial charge in [-0.25, -0.2) is 0 Å². The SMILES string of the molecule is CN(C)CCN=CC1=C(O)CC(C(=O)NCc2ccccc2)CC1=O. The highest BCUT2D eigenvalue weighted by Gasteiger charge is 2.31. The molecule has 1 atom stereocenters. The Morgan fingerprint density at radius 1 is 1.32 bits per heavy atom. The van der Waals surface area contributed by atoms with Crippen LogP contribution in [0.15, 0.2) is 46.7 Å². The van der Waals surface area contributed by atoms with E-state index in [1.54, 1.807) is 0 Å². The Morgan fingerprint density at radius 3 is 2.68 bits per heavy atom. The van der Waals surface area contributed by atoms with Crippen LogP contribution in [0.25, 0.3) is 0 Å². The molecule has 1 aliphatic carbocycles. The van der Waals surface area contributed by atoms with Gasteiger partial charge in [0.05, 0.1) is 18.0 Å². The highest BCUT2D eigenvalue weighted by atomic mass is 16.3. The van der Waals surface area contributed by atoms with E-state index < -0.39 is 5.92 Å². The molecule has 6 heteroatoms. The highest BCUT2D eigenvalue weighted by Crippen LogP contribution is 2.25. The van der Waals surface area contributed by atoms with Crippen LogP contribution in [0.4, 0.5) is 0 Å². The van der Waals surface area contributed by atoms with E-state index in [0.29, 0.717) is 13.1 Å². The third-order valence-electron chi connectivity index (χ3n) is 4.06. The molecule has 1 aliphatic rings. The first-order valence-corrected chi connectivity index (χ1v) is 8.39. The van der Waals surface area contributed by atoms with Crippen LogP contribution >= 0.6 is 0 Å². The molecule has 0 radical (unpaired) electrons. The molecule has 0 fully saturated rings. The number of amides is 1. The molecule has 134 valence electrons. The van der Waals surface area contributed by atoms with Crippen LogP contribution in [0.1, 0.15) is 18.4 Å². The van der Waals surface area contributed by atoms with Crippen LogP contribution in [0.2, 0.25) is 0 Å². The van der Waals surface area contributed by atoms with Crippen molar-refractivity contribution in [2.24, 2.45) is 10.9 Å². The molecule has 2 rings (SSSR count). The number of carbonyl (C=O) groups is 2. The lowest BCUT2D eigenvalue weighted by molar-refractivity contribution is -0.129. The molecular formula is C19H25N3O3. The molecule has 1 aromatic rings. The summed E-state index contributed by atoms with van der Waals surface area (Å²) in [4.78, 5) is 30.7. The van der Waals surface area contributed by atoms with Crippen molar-refractivity contribution in [2.45, 2.75) is 19.4 Å². The lowest BCUT2D eigenvalue weighted by Crippen LogP contribution is -2.34. The number of ketones is 1. The van der Waals surface area contributed by atoms with Gasteiger partial charge in [-0.3, -0.25) is 14.6 Å². The molecule has 0 heterocycles. The second kappa shape index (κ2) is 9.13. The standard InChI is InChI=1S/C19H25N3O3/c1-22(2)9-8-20-13-16-17(23)10-15(11-18(16)24)19(25)21-12-14-6-4-3-5-7-14/h3-7,13,15,23H,8-12H2,1-2H3,(H,21,25). The fourth-order valence-corrected chi connectivity index (χ4v) is 2.59. The molecular weight excluding hydrogens is 318 g/mol. The monoisotopic (exact) mass is 343 g/mol. The van der Waals surface area contributed by atoms with Gasteiger partial charge in [-0.2, -0.15) is 0 Å². The Morgan fingerprint density at radius 2 is 2.04 bits per heavy atom. The van der Waals surface area contributed by atoms with Crippen LogP contribution in [-0.2, 0) is 16.1 Å². The first-order chi connectivity index (χ1) is 12.0. The second-order valence-corrected chi connectivity index (χ2v) is 6.43. The molecule has 0 saturated carbocycles. The van der Waals surface area contributed by atoms with Crippen molar-refractivity contribution in [3.8, 4) is 0 Å². The summed E-state index contributed by atoms with van der Waals surface area (Å²) >= 11 is 0. The summed E-state index contributed by atoms with van der Waals surface area (Å²) in [6.07, 6.45) is 1.69. The third kappa shape index (κ3) is 5.83. The molecule has 0 spiro atoms. The van der Waals surface area contributed by atoms with Crippen molar-refractivity contribution in [3.05, 3.63) is 47.2 Å². The van der Waals surface area contributed by atoms with Crippen molar-refractivity contribution in [1.82, 2.24) is 10.2 Å². The summed E-state index contributed by atoms with van der Waals surface area (Å²) in [6.45, 7) is 1.73. The Balaban J connectivity index is 1.91. The molecule has 1 unspecified atom stereocenters. The van der Waals surface area contributed by atoms with Crippen LogP contribution in [0.5, 0.6) is 0 Å². The number of benzene rings is 1. The second-order valence-electron chi connectivity index (χ2n) is 6.43. The fourth-order valence-electron chi connectivity index (χ4n) is 2.59. The first kappa shape index (κ1) is 18.9. The fraction of sp³-hybridized carbons (Fsp3) is 0.421. The van der Waals surface area contributed by atoms with Crippen molar-refractivity contribution in [2.75, 3.05) is 27.2 Å². The van der Waals surface area contributed by atoms with Gasteiger partial charge in [0.1, 0.15) is 5.76 Å². The minimum Gasteiger partial charge on any atom is -0.511 e. The minimum atomic E-state index is -0.532. The summed E-state index contributed by atoms with van der Waals surface area (Å²) in [5, 5.41) is 13.0. The molecule has 0 aliphatic heterocycles. The zero-order valence-electron chi connectivity index (χ0n) is 14.7. The van der Waals surface area contributed by atoms with Gasteiger partial charge < -0.3 is 15.3 Å². The van der Waals surface area contributed by atoms with Crippen LogP contribution in [0.3, 0.4) is 0 Å². The number of Topliss-reactive ketones (excluding diaryl/α,β-unsaturated/α-hetero) is 1. The molecule has 0 bridgehead atoms. The van der Waals surface area contributed by atoms with Crippen molar-refractivity contribution in [1.29, 1.82) is 0 Å². The smallest absolute Gasteiger partial charge is 0.224 e. The van der Waals surface area contributed by atoms with Gasteiger partial charge in [0.15, 0.2) is 5.78 Å². The normalized spacial score (nSPS) is 18.2. The zero-order chi connectivity index (χ0) is 18.2. The van der Waals surface area contributed by atoms with Gasteiger partial charge in [-0.15, -0.1) is 0 Å². The van der Waals surface area contributed by atoms with Gasteiger partial charge in [-0.05, 0) is 19.7 Å². The lowest BCUT2D eigenvalue weighted by atomic mass is 9.87. The number of aliphatic hydroxyl groups excluding tert-OH is 1. The topological polar surface area (TPSA) is 82.0 Å². The molecule has 1 amide bonds. The lowest BCUT2D eigenvalue weighted by Gasteiger charge is -2.21. The molecule has 6 nitrogen and oxygen atoms in total. The number of hydrogen-bond donors (Lipinski definition) is 2. The number of likely N-dealkylation sites (N-methyl/N-ethyl adjacent to an activating group) is 1. The van der Waals surface area contributed by atoms with Gasteiger partial charge >= 0.3 is 0 Å². The molecule has 25 heavy (non-hydrogen) atoms. The largest absolute Gasteiger partial charge is 0.511 e. The Hall–Kier alpha value is -2.47. The van der Waals surface area contributed by atoms with Gasteiger partial charge in [0.25, 0.3) is 0 Å². The summed E-state index contributed by atoms with van der Waals surface area (Å²) in [5.74, 6) is -1.04. The maximum Gasteiger partial charge on any atom is 0.224 e. The number of carbonyl (C=O) groups excluding carboxylic acids is 2. The van der Waals surface area contributed by atoms with Crippen molar-refractivity contribution in [3.63, 3.8) is 0 Å². The molecule has 1 aromatic carbocycles. The van der Waals surface area contributed by atoms with Crippen molar-refractivity contribution < 1.29 is 14.7 Å². The maximum absolute atomic E-state index is 12.3. The van der Waals surface area contributed by atoms with E-state index in [9.17, 15) is 14.7 Å².